The zero-order chi connectivity index (χ0) is 21.0. The Balaban J connectivity index is 2.60. The van der Waals surface area contributed by atoms with Crippen molar-refractivity contribution in [3.8, 4) is 0 Å². The molecule has 28 heavy (non-hydrogen) atoms. The lowest BCUT2D eigenvalue weighted by Gasteiger charge is -2.11. The van der Waals surface area contributed by atoms with Crippen molar-refractivity contribution in [1.82, 2.24) is 0 Å². The second-order valence-electron chi connectivity index (χ2n) is 5.40. The molecular weight excluding hydrogens is 389 g/mol. The van der Waals surface area contributed by atoms with Crippen LogP contribution in [0, 0.1) is 29.1 Å². The normalized spacial score (nSPS) is 13.5. The number of nitrogens with zero attached hydrogens (tertiary/aromatic N) is 1. The van der Waals surface area contributed by atoms with Crippen LogP contribution in [-0.4, -0.2) is 34.1 Å². The molecule has 0 radical (unpaired) electrons. The summed E-state index contributed by atoms with van der Waals surface area (Å²) in [4.78, 5) is 15.1. The third-order valence-corrected chi connectivity index (χ3v) is 3.67. The van der Waals surface area contributed by atoms with Crippen LogP contribution >= 0.6 is 0 Å². The van der Waals surface area contributed by atoms with Crippen LogP contribution in [0.3, 0.4) is 0 Å². The van der Waals surface area contributed by atoms with E-state index in [2.05, 4.69) is 4.99 Å². The highest BCUT2D eigenvalue weighted by Gasteiger charge is 2.30. The molecule has 0 aliphatic carbocycles. The van der Waals surface area contributed by atoms with Crippen molar-refractivity contribution >= 4 is 17.9 Å². The number of aliphatic hydroxyl groups excluding tert-OH is 2. The maximum absolute atomic E-state index is 13.8. The molecule has 5 nitrogen and oxygen atoms in total. The minimum Gasteiger partial charge on any atom is -0.506 e. The van der Waals surface area contributed by atoms with Gasteiger partial charge in [-0.2, -0.15) is 0 Å². The van der Waals surface area contributed by atoms with Crippen molar-refractivity contribution in [1.29, 1.82) is 0 Å². The van der Waals surface area contributed by atoms with Gasteiger partial charge in [-0.1, -0.05) is 30.3 Å². The number of carboxylic acid groups (broad SMARTS) is 1. The van der Waals surface area contributed by atoms with Crippen LogP contribution in [0.25, 0.3) is 5.76 Å². The van der Waals surface area contributed by atoms with Crippen molar-refractivity contribution in [3.63, 3.8) is 0 Å². The van der Waals surface area contributed by atoms with Gasteiger partial charge in [0.15, 0.2) is 23.3 Å². The molecule has 0 aliphatic rings. The molecule has 3 N–H and O–H groups in total. The Morgan fingerprint density at radius 2 is 1.43 bits per heavy atom. The highest BCUT2D eigenvalue weighted by molar-refractivity contribution is 6.14. The van der Waals surface area contributed by atoms with Gasteiger partial charge in [0.05, 0.1) is 18.2 Å². The predicted octanol–water partition coefficient (Wildman–Crippen LogP) is 3.54. The van der Waals surface area contributed by atoms with Crippen LogP contribution in [0.5, 0.6) is 0 Å². The lowest BCUT2D eigenvalue weighted by atomic mass is 10.1. The second kappa shape index (κ2) is 8.61. The fourth-order valence-corrected chi connectivity index (χ4v) is 2.24. The number of hydrogen-bond donors (Lipinski definition) is 3. The Morgan fingerprint density at radius 3 is 1.89 bits per heavy atom. The molecule has 0 saturated heterocycles. The third-order valence-electron chi connectivity index (χ3n) is 3.67. The summed E-state index contributed by atoms with van der Waals surface area (Å²) < 4.78 is 67.4. The van der Waals surface area contributed by atoms with E-state index in [1.165, 1.54) is 0 Å². The first-order valence-corrected chi connectivity index (χ1v) is 7.58. The number of carbonyl (C=O) groups is 1. The van der Waals surface area contributed by atoms with Gasteiger partial charge in [-0.25, -0.2) is 26.7 Å². The Bertz CT molecular complexity index is 931. The number of halogens is 5. The molecule has 0 aromatic heterocycles. The van der Waals surface area contributed by atoms with E-state index in [9.17, 15) is 37.0 Å². The van der Waals surface area contributed by atoms with Gasteiger partial charge in [0.2, 0.25) is 5.82 Å². The van der Waals surface area contributed by atoms with Gasteiger partial charge >= 0.3 is 5.97 Å². The van der Waals surface area contributed by atoms with Crippen molar-refractivity contribution < 1.29 is 42.1 Å². The molecule has 0 fully saturated rings. The molecule has 0 amide bonds. The van der Waals surface area contributed by atoms with Gasteiger partial charge in [0.25, 0.3) is 0 Å². The molecule has 0 spiro atoms. The van der Waals surface area contributed by atoms with Crippen LogP contribution in [0.1, 0.15) is 17.2 Å². The molecule has 148 valence electrons. The highest BCUT2D eigenvalue weighted by Crippen LogP contribution is 2.29. The van der Waals surface area contributed by atoms with E-state index in [0.717, 1.165) is 0 Å². The van der Waals surface area contributed by atoms with E-state index in [1.807, 2.05) is 0 Å². The van der Waals surface area contributed by atoms with Crippen LogP contribution in [0.2, 0.25) is 0 Å². The minimum absolute atomic E-state index is 0.446. The monoisotopic (exact) mass is 401 g/mol. The smallest absolute Gasteiger partial charge is 0.341 e. The third kappa shape index (κ3) is 4.01. The maximum atomic E-state index is 13.8. The van der Waals surface area contributed by atoms with Gasteiger partial charge in [0, 0.05) is 6.21 Å². The van der Waals surface area contributed by atoms with Gasteiger partial charge in [-0.3, -0.25) is 4.99 Å². The first-order valence-electron chi connectivity index (χ1n) is 7.58. The first-order chi connectivity index (χ1) is 13.2. The number of aliphatic imine (C=N–C) groups is 1. The van der Waals surface area contributed by atoms with Crippen LogP contribution in [-0.2, 0) is 4.79 Å². The largest absolute Gasteiger partial charge is 0.506 e. The summed E-state index contributed by atoms with van der Waals surface area (Å²) in [5, 5.41) is 28.5. The average Bonchev–Trinajstić information content (AvgIpc) is 2.68. The van der Waals surface area contributed by atoms with Crippen molar-refractivity contribution in [2.24, 2.45) is 4.99 Å². The average molecular weight is 401 g/mol. The number of rotatable bonds is 6. The van der Waals surface area contributed by atoms with E-state index in [0.29, 0.717) is 11.8 Å². The lowest BCUT2D eigenvalue weighted by Crippen LogP contribution is -2.12. The molecular formula is C18H12F5NO4. The van der Waals surface area contributed by atoms with Crippen LogP contribution < -0.4 is 0 Å². The Hall–Kier alpha value is -3.27. The molecule has 0 bridgehead atoms. The molecule has 1 unspecified atom stereocenters. The SMILES string of the molecule is O=C(O)C(C=NC(CO)c1ccccc1)=C(O)c1c(F)c(F)c(F)c(F)c1F. The zero-order valence-electron chi connectivity index (χ0n) is 13.8. The Morgan fingerprint density at radius 1 is 0.929 bits per heavy atom. The van der Waals surface area contributed by atoms with E-state index in [1.54, 1.807) is 30.3 Å². The summed E-state index contributed by atoms with van der Waals surface area (Å²) in [6.45, 7) is -0.587. The Labute approximate surface area is 154 Å². The summed E-state index contributed by atoms with van der Waals surface area (Å²) in [5.41, 5.74) is -2.60. The number of benzene rings is 2. The maximum Gasteiger partial charge on any atom is 0.341 e. The molecule has 0 saturated carbocycles. The number of aliphatic carboxylic acids is 1. The molecule has 2 aromatic carbocycles. The highest BCUT2D eigenvalue weighted by atomic mass is 19.2. The topological polar surface area (TPSA) is 90.1 Å². The Kier molecular flexibility index (Phi) is 6.47. The predicted molar refractivity (Wildman–Crippen MR) is 88.2 cm³/mol. The van der Waals surface area contributed by atoms with Crippen LogP contribution in [0.4, 0.5) is 22.0 Å². The van der Waals surface area contributed by atoms with Gasteiger partial charge < -0.3 is 15.3 Å². The van der Waals surface area contributed by atoms with Gasteiger partial charge in [-0.05, 0) is 5.56 Å². The summed E-state index contributed by atoms with van der Waals surface area (Å²) in [5.74, 6) is -15.6. The van der Waals surface area contributed by atoms with E-state index >= 15 is 0 Å². The standard InChI is InChI=1S/C18H12F5NO4/c19-12-11(13(20)15(22)16(23)14(12)21)17(26)9(18(27)28)6-24-10(7-25)8-4-2-1-3-5-8/h1-6,10,25-26H,7H2,(H,27,28). The van der Waals surface area contributed by atoms with E-state index < -0.39 is 64.6 Å². The lowest BCUT2D eigenvalue weighted by molar-refractivity contribution is -0.132. The molecule has 1 atom stereocenters. The first kappa shape index (κ1) is 21.0. The van der Waals surface area contributed by atoms with Crippen molar-refractivity contribution in [2.75, 3.05) is 6.61 Å². The van der Waals surface area contributed by atoms with E-state index in [-0.39, 0.29) is 0 Å². The molecule has 2 rings (SSSR count). The summed E-state index contributed by atoms with van der Waals surface area (Å²) >= 11 is 0. The second-order valence-corrected chi connectivity index (χ2v) is 5.40. The number of aliphatic hydroxyl groups is 2. The van der Waals surface area contributed by atoms with Crippen molar-refractivity contribution in [3.05, 3.63) is 76.1 Å². The summed E-state index contributed by atoms with van der Waals surface area (Å²) in [7, 11) is 0. The van der Waals surface area contributed by atoms with Crippen molar-refractivity contribution in [2.45, 2.75) is 6.04 Å². The molecule has 0 heterocycles. The number of hydrogen-bond acceptors (Lipinski definition) is 4. The quantitative estimate of drug-likeness (QED) is 0.173. The summed E-state index contributed by atoms with van der Waals surface area (Å²) in [6, 6.07) is 6.97. The molecule has 10 heteroatoms. The minimum atomic E-state index is -2.46. The molecule has 2 aromatic rings. The van der Waals surface area contributed by atoms with Crippen LogP contribution in [0.15, 0.2) is 40.9 Å². The van der Waals surface area contributed by atoms with Gasteiger partial charge in [-0.15, -0.1) is 0 Å². The summed E-state index contributed by atoms with van der Waals surface area (Å²) in [6.07, 6.45) is 0.462. The van der Waals surface area contributed by atoms with Gasteiger partial charge in [0.1, 0.15) is 11.3 Å². The zero-order valence-corrected chi connectivity index (χ0v) is 13.8. The fraction of sp³-hybridized carbons (Fsp3) is 0.111. The fourth-order valence-electron chi connectivity index (χ4n) is 2.24. The van der Waals surface area contributed by atoms with E-state index in [4.69, 9.17) is 5.11 Å². The number of carboxylic acids is 1. The molecule has 0 aliphatic heterocycles.